The standard InChI is InChI=1S/C11H12N4O2/c1-3-4-17-11(16)8-9(12)14-15-6-7(2)5-13-10(8)15/h3,5-6H,1,4H2,2H3,(H2,12,14). The molecule has 6 nitrogen and oxygen atoms in total. The zero-order valence-electron chi connectivity index (χ0n) is 9.38. The van der Waals surface area contributed by atoms with E-state index in [1.165, 1.54) is 10.6 Å². The van der Waals surface area contributed by atoms with E-state index in [0.29, 0.717) is 5.65 Å². The van der Waals surface area contributed by atoms with Crippen LogP contribution < -0.4 is 5.73 Å². The van der Waals surface area contributed by atoms with Crippen molar-refractivity contribution in [2.45, 2.75) is 6.92 Å². The van der Waals surface area contributed by atoms with Gasteiger partial charge in [0, 0.05) is 12.4 Å². The average molecular weight is 232 g/mol. The first kappa shape index (κ1) is 11.1. The Morgan fingerprint density at radius 1 is 1.71 bits per heavy atom. The molecule has 2 aromatic heterocycles. The van der Waals surface area contributed by atoms with Crippen LogP contribution in [0.1, 0.15) is 15.9 Å². The second kappa shape index (κ2) is 4.25. The lowest BCUT2D eigenvalue weighted by atomic mass is 10.3. The summed E-state index contributed by atoms with van der Waals surface area (Å²) in [6.45, 7) is 5.47. The van der Waals surface area contributed by atoms with Crippen molar-refractivity contribution in [1.82, 2.24) is 14.6 Å². The maximum absolute atomic E-state index is 11.7. The van der Waals surface area contributed by atoms with Crippen molar-refractivity contribution in [2.24, 2.45) is 0 Å². The molecule has 2 aromatic rings. The second-order valence-corrected chi connectivity index (χ2v) is 3.55. The molecule has 0 aliphatic carbocycles. The summed E-state index contributed by atoms with van der Waals surface area (Å²) in [5.74, 6) is -0.439. The number of nitrogens with zero attached hydrogens (tertiary/aromatic N) is 3. The van der Waals surface area contributed by atoms with E-state index in [0.717, 1.165) is 5.56 Å². The van der Waals surface area contributed by atoms with Gasteiger partial charge in [-0.05, 0) is 12.5 Å². The predicted octanol–water partition coefficient (Wildman–Crippen LogP) is 0.963. The van der Waals surface area contributed by atoms with Crippen LogP contribution in [0.3, 0.4) is 0 Å². The van der Waals surface area contributed by atoms with Crippen molar-refractivity contribution < 1.29 is 9.53 Å². The normalized spacial score (nSPS) is 10.4. The number of carbonyl (C=O) groups is 1. The summed E-state index contributed by atoms with van der Waals surface area (Å²) in [5, 5.41) is 4.01. The summed E-state index contributed by atoms with van der Waals surface area (Å²) in [5.41, 5.74) is 7.18. The minimum absolute atomic E-state index is 0.108. The molecule has 0 saturated carbocycles. The molecule has 0 aromatic carbocycles. The van der Waals surface area contributed by atoms with Crippen molar-refractivity contribution >= 4 is 17.4 Å². The number of hydrogen-bond donors (Lipinski definition) is 1. The Hall–Kier alpha value is -2.37. The molecule has 0 spiro atoms. The summed E-state index contributed by atoms with van der Waals surface area (Å²) in [7, 11) is 0. The SMILES string of the molecule is C=CCOC(=O)c1c(N)nn2cc(C)cnc12. The third-order valence-corrected chi connectivity index (χ3v) is 2.17. The van der Waals surface area contributed by atoms with Gasteiger partial charge in [0.1, 0.15) is 12.2 Å². The minimum Gasteiger partial charge on any atom is -0.458 e. The van der Waals surface area contributed by atoms with E-state index in [4.69, 9.17) is 10.5 Å². The molecular weight excluding hydrogens is 220 g/mol. The Balaban J connectivity index is 2.49. The Morgan fingerprint density at radius 3 is 3.18 bits per heavy atom. The van der Waals surface area contributed by atoms with Gasteiger partial charge < -0.3 is 10.5 Å². The van der Waals surface area contributed by atoms with Crippen molar-refractivity contribution in [2.75, 3.05) is 12.3 Å². The number of hydrogen-bond acceptors (Lipinski definition) is 5. The zero-order chi connectivity index (χ0) is 12.4. The number of aryl methyl sites for hydroxylation is 1. The van der Waals surface area contributed by atoms with Crippen molar-refractivity contribution in [3.8, 4) is 0 Å². The lowest BCUT2D eigenvalue weighted by molar-refractivity contribution is 0.0553. The first-order valence-electron chi connectivity index (χ1n) is 5.02. The fourth-order valence-corrected chi connectivity index (χ4v) is 1.45. The molecule has 0 aliphatic heterocycles. The molecule has 0 unspecified atom stereocenters. The van der Waals surface area contributed by atoms with E-state index in [1.807, 2.05) is 6.92 Å². The van der Waals surface area contributed by atoms with E-state index in [2.05, 4.69) is 16.7 Å². The van der Waals surface area contributed by atoms with Crippen LogP contribution in [0.15, 0.2) is 25.0 Å². The topological polar surface area (TPSA) is 82.5 Å². The maximum atomic E-state index is 11.7. The summed E-state index contributed by atoms with van der Waals surface area (Å²) in [6, 6.07) is 0. The van der Waals surface area contributed by atoms with Gasteiger partial charge in [-0.25, -0.2) is 14.3 Å². The van der Waals surface area contributed by atoms with Gasteiger partial charge in [0.15, 0.2) is 11.5 Å². The van der Waals surface area contributed by atoms with Crippen LogP contribution in [0.4, 0.5) is 5.82 Å². The van der Waals surface area contributed by atoms with Crippen molar-refractivity contribution in [3.63, 3.8) is 0 Å². The number of carbonyl (C=O) groups excluding carboxylic acids is 1. The molecule has 0 bridgehead atoms. The molecule has 0 atom stereocenters. The highest BCUT2D eigenvalue weighted by Gasteiger charge is 2.20. The zero-order valence-corrected chi connectivity index (χ0v) is 9.38. The number of ether oxygens (including phenoxy) is 1. The number of nitrogen functional groups attached to an aromatic ring is 1. The molecule has 0 radical (unpaired) electrons. The van der Waals surface area contributed by atoms with Gasteiger partial charge >= 0.3 is 5.97 Å². The Morgan fingerprint density at radius 2 is 2.47 bits per heavy atom. The summed E-state index contributed by atoms with van der Waals surface area (Å²) < 4.78 is 6.39. The second-order valence-electron chi connectivity index (χ2n) is 3.55. The van der Waals surface area contributed by atoms with Crippen LogP contribution in [0.25, 0.3) is 5.65 Å². The number of esters is 1. The molecular formula is C11H12N4O2. The number of aromatic nitrogens is 3. The van der Waals surface area contributed by atoms with Gasteiger partial charge in [-0.15, -0.1) is 5.10 Å². The van der Waals surface area contributed by atoms with Crippen LogP contribution in [-0.2, 0) is 4.74 Å². The largest absolute Gasteiger partial charge is 0.458 e. The number of rotatable bonds is 3. The fourth-order valence-electron chi connectivity index (χ4n) is 1.45. The monoisotopic (exact) mass is 232 g/mol. The third kappa shape index (κ3) is 1.96. The van der Waals surface area contributed by atoms with E-state index < -0.39 is 5.97 Å². The molecule has 0 fully saturated rings. The Kier molecular flexibility index (Phi) is 2.78. The van der Waals surface area contributed by atoms with E-state index in [1.54, 1.807) is 12.4 Å². The van der Waals surface area contributed by atoms with Gasteiger partial charge in [0.2, 0.25) is 0 Å². The van der Waals surface area contributed by atoms with E-state index in [9.17, 15) is 4.79 Å². The smallest absolute Gasteiger partial charge is 0.346 e. The number of anilines is 1. The first-order chi connectivity index (χ1) is 8.13. The molecule has 2 N–H and O–H groups in total. The van der Waals surface area contributed by atoms with Crippen LogP contribution in [0.5, 0.6) is 0 Å². The molecule has 0 amide bonds. The van der Waals surface area contributed by atoms with Crippen molar-refractivity contribution in [3.05, 3.63) is 36.2 Å². The van der Waals surface area contributed by atoms with Crippen LogP contribution in [-0.4, -0.2) is 27.2 Å². The maximum Gasteiger partial charge on any atom is 0.346 e. The van der Waals surface area contributed by atoms with Crippen molar-refractivity contribution in [1.29, 1.82) is 0 Å². The van der Waals surface area contributed by atoms with E-state index >= 15 is 0 Å². The van der Waals surface area contributed by atoms with Gasteiger partial charge in [0.25, 0.3) is 0 Å². The quantitative estimate of drug-likeness (QED) is 0.629. The van der Waals surface area contributed by atoms with Gasteiger partial charge in [-0.1, -0.05) is 12.7 Å². The fraction of sp³-hybridized carbons (Fsp3) is 0.182. The third-order valence-electron chi connectivity index (χ3n) is 2.17. The lowest BCUT2D eigenvalue weighted by Crippen LogP contribution is -2.07. The molecule has 0 saturated heterocycles. The predicted molar refractivity (Wildman–Crippen MR) is 62.6 cm³/mol. The minimum atomic E-state index is -0.547. The molecule has 0 aliphatic rings. The average Bonchev–Trinajstić information content (AvgIpc) is 2.61. The first-order valence-corrected chi connectivity index (χ1v) is 5.02. The molecule has 2 heterocycles. The molecule has 2 rings (SSSR count). The highest BCUT2D eigenvalue weighted by Crippen LogP contribution is 2.17. The summed E-state index contributed by atoms with van der Waals surface area (Å²) >= 11 is 0. The van der Waals surface area contributed by atoms with Crippen LogP contribution >= 0.6 is 0 Å². The highest BCUT2D eigenvalue weighted by atomic mass is 16.5. The van der Waals surface area contributed by atoms with Gasteiger partial charge in [-0.2, -0.15) is 0 Å². The van der Waals surface area contributed by atoms with Crippen LogP contribution in [0, 0.1) is 6.92 Å². The molecule has 88 valence electrons. The highest BCUT2D eigenvalue weighted by molar-refractivity contribution is 6.00. The summed E-state index contributed by atoms with van der Waals surface area (Å²) in [4.78, 5) is 15.9. The van der Waals surface area contributed by atoms with Gasteiger partial charge in [0.05, 0.1) is 0 Å². The van der Waals surface area contributed by atoms with Crippen LogP contribution in [0.2, 0.25) is 0 Å². The Bertz CT molecular complexity index is 588. The number of fused-ring (bicyclic) bond motifs is 1. The summed E-state index contributed by atoms with van der Waals surface area (Å²) in [6.07, 6.45) is 4.86. The Labute approximate surface area is 97.7 Å². The van der Waals surface area contributed by atoms with E-state index in [-0.39, 0.29) is 18.0 Å². The lowest BCUT2D eigenvalue weighted by Gasteiger charge is -2.00. The molecule has 17 heavy (non-hydrogen) atoms. The molecule has 6 heteroatoms. The van der Waals surface area contributed by atoms with Gasteiger partial charge in [-0.3, -0.25) is 0 Å². The number of nitrogens with two attached hydrogens (primary N) is 1.